The van der Waals surface area contributed by atoms with E-state index in [-0.39, 0.29) is 0 Å². The van der Waals surface area contributed by atoms with Crippen molar-refractivity contribution < 1.29 is 4.74 Å². The minimum Gasteiger partial charge on any atom is -0.383 e. The number of nitrogens with one attached hydrogen (secondary N) is 1. The Morgan fingerprint density at radius 3 is 2.79 bits per heavy atom. The zero-order valence-corrected chi connectivity index (χ0v) is 12.0. The predicted molar refractivity (Wildman–Crippen MR) is 76.4 cm³/mol. The van der Waals surface area contributed by atoms with Crippen LogP contribution in [-0.2, 0) is 11.3 Å². The number of rotatable bonds is 6. The Morgan fingerprint density at radius 2 is 2.05 bits per heavy atom. The van der Waals surface area contributed by atoms with Crippen molar-refractivity contribution in [3.63, 3.8) is 0 Å². The van der Waals surface area contributed by atoms with E-state index in [1.807, 2.05) is 13.0 Å². The van der Waals surface area contributed by atoms with Crippen LogP contribution in [-0.4, -0.2) is 43.3 Å². The summed E-state index contributed by atoms with van der Waals surface area (Å²) in [6, 6.07) is 2.05. The van der Waals surface area contributed by atoms with Crippen LogP contribution in [0, 0.1) is 6.92 Å². The molecule has 1 fully saturated rings. The summed E-state index contributed by atoms with van der Waals surface area (Å²) in [7, 11) is 1.71. The fourth-order valence-electron chi connectivity index (χ4n) is 2.33. The average molecular weight is 264 g/mol. The molecule has 0 spiro atoms. The maximum atomic E-state index is 5.02. The van der Waals surface area contributed by atoms with Gasteiger partial charge in [0.05, 0.1) is 12.3 Å². The summed E-state index contributed by atoms with van der Waals surface area (Å²) < 4.78 is 5.02. The molecule has 1 saturated heterocycles. The van der Waals surface area contributed by atoms with Crippen LogP contribution in [0.25, 0.3) is 0 Å². The van der Waals surface area contributed by atoms with Gasteiger partial charge in [0.1, 0.15) is 0 Å². The molecular formula is C14H24N4O. The largest absolute Gasteiger partial charge is 0.383 e. The number of aromatic nitrogens is 2. The second-order valence-corrected chi connectivity index (χ2v) is 5.02. The SMILES string of the molecule is COCCNCc1cc(C)nc(N2CCCCC2)n1. The molecule has 1 N–H and O–H groups in total. The third-order valence-electron chi connectivity index (χ3n) is 3.32. The summed E-state index contributed by atoms with van der Waals surface area (Å²) in [5.74, 6) is 0.892. The highest BCUT2D eigenvalue weighted by Gasteiger charge is 2.14. The Bertz CT molecular complexity index is 391. The van der Waals surface area contributed by atoms with Crippen LogP contribution in [0.15, 0.2) is 6.07 Å². The van der Waals surface area contributed by atoms with Gasteiger partial charge in [-0.2, -0.15) is 0 Å². The predicted octanol–water partition coefficient (Wildman–Crippen LogP) is 1.51. The molecule has 5 heteroatoms. The standard InChI is InChI=1S/C14H24N4O/c1-12-10-13(11-15-6-9-19-2)17-14(16-12)18-7-4-3-5-8-18/h10,15H,3-9,11H2,1-2H3. The Hall–Kier alpha value is -1.20. The van der Waals surface area contributed by atoms with Crippen molar-refractivity contribution in [1.82, 2.24) is 15.3 Å². The molecule has 0 unspecified atom stereocenters. The summed E-state index contributed by atoms with van der Waals surface area (Å²) in [5, 5.41) is 3.33. The van der Waals surface area contributed by atoms with Crippen LogP contribution in [0.4, 0.5) is 5.95 Å². The van der Waals surface area contributed by atoms with Crippen LogP contribution < -0.4 is 10.2 Å². The molecule has 2 heterocycles. The fourth-order valence-corrected chi connectivity index (χ4v) is 2.33. The summed E-state index contributed by atoms with van der Waals surface area (Å²) in [4.78, 5) is 11.5. The van der Waals surface area contributed by atoms with Gasteiger partial charge in [0.15, 0.2) is 0 Å². The zero-order chi connectivity index (χ0) is 13.5. The van der Waals surface area contributed by atoms with E-state index in [1.54, 1.807) is 7.11 Å². The second-order valence-electron chi connectivity index (χ2n) is 5.02. The monoisotopic (exact) mass is 264 g/mol. The third kappa shape index (κ3) is 4.44. The Kier molecular flexibility index (Phi) is 5.54. The number of methoxy groups -OCH3 is 1. The van der Waals surface area contributed by atoms with Crippen LogP contribution >= 0.6 is 0 Å². The maximum absolute atomic E-state index is 5.02. The highest BCUT2D eigenvalue weighted by atomic mass is 16.5. The topological polar surface area (TPSA) is 50.3 Å². The molecule has 0 radical (unpaired) electrons. The minimum absolute atomic E-state index is 0.725. The van der Waals surface area contributed by atoms with E-state index in [1.165, 1.54) is 19.3 Å². The molecule has 1 aliphatic rings. The van der Waals surface area contributed by atoms with Gasteiger partial charge in [0.2, 0.25) is 5.95 Å². The van der Waals surface area contributed by atoms with E-state index in [0.29, 0.717) is 0 Å². The van der Waals surface area contributed by atoms with Crippen LogP contribution in [0.2, 0.25) is 0 Å². The first-order valence-corrected chi connectivity index (χ1v) is 7.09. The van der Waals surface area contributed by atoms with Crippen LogP contribution in [0.3, 0.4) is 0 Å². The Morgan fingerprint density at radius 1 is 1.26 bits per heavy atom. The van der Waals surface area contributed by atoms with E-state index < -0.39 is 0 Å². The van der Waals surface area contributed by atoms with Gasteiger partial charge in [-0.3, -0.25) is 0 Å². The smallest absolute Gasteiger partial charge is 0.225 e. The molecule has 5 nitrogen and oxygen atoms in total. The summed E-state index contributed by atoms with van der Waals surface area (Å²) in [5.41, 5.74) is 2.10. The van der Waals surface area contributed by atoms with E-state index in [4.69, 9.17) is 4.74 Å². The van der Waals surface area contributed by atoms with Crippen molar-refractivity contribution in [3.05, 3.63) is 17.5 Å². The Balaban J connectivity index is 1.97. The van der Waals surface area contributed by atoms with Gasteiger partial charge < -0.3 is 15.0 Å². The molecule has 0 aromatic carbocycles. The maximum Gasteiger partial charge on any atom is 0.225 e. The van der Waals surface area contributed by atoms with Crippen LogP contribution in [0.1, 0.15) is 30.7 Å². The van der Waals surface area contributed by atoms with Crippen molar-refractivity contribution in [3.8, 4) is 0 Å². The molecule has 0 atom stereocenters. The van der Waals surface area contributed by atoms with Gasteiger partial charge >= 0.3 is 0 Å². The highest BCUT2D eigenvalue weighted by molar-refractivity contribution is 5.32. The van der Waals surface area contributed by atoms with Crippen molar-refractivity contribution in [2.75, 3.05) is 38.3 Å². The van der Waals surface area contributed by atoms with Crippen molar-refractivity contribution >= 4 is 5.95 Å². The molecule has 106 valence electrons. The molecule has 19 heavy (non-hydrogen) atoms. The lowest BCUT2D eigenvalue weighted by Crippen LogP contribution is -2.31. The first kappa shape index (κ1) is 14.2. The molecule has 2 rings (SSSR count). The van der Waals surface area contributed by atoms with Crippen molar-refractivity contribution in [2.45, 2.75) is 32.7 Å². The summed E-state index contributed by atoms with van der Waals surface area (Å²) in [6.45, 7) is 6.54. The molecule has 0 saturated carbocycles. The Labute approximate surface area is 115 Å². The van der Waals surface area contributed by atoms with Gasteiger partial charge in [-0.1, -0.05) is 0 Å². The molecule has 1 aromatic heterocycles. The fraction of sp³-hybridized carbons (Fsp3) is 0.714. The van der Waals surface area contributed by atoms with E-state index in [9.17, 15) is 0 Å². The molecule has 0 amide bonds. The number of aryl methyl sites for hydroxylation is 1. The number of hydrogen-bond donors (Lipinski definition) is 1. The number of nitrogens with zero attached hydrogens (tertiary/aromatic N) is 3. The average Bonchev–Trinajstić information content (AvgIpc) is 2.44. The van der Waals surface area contributed by atoms with Gasteiger partial charge in [-0.25, -0.2) is 9.97 Å². The third-order valence-corrected chi connectivity index (χ3v) is 3.32. The first-order chi connectivity index (χ1) is 9.29. The highest BCUT2D eigenvalue weighted by Crippen LogP contribution is 2.16. The second kappa shape index (κ2) is 7.40. The molecule has 0 bridgehead atoms. The summed E-state index contributed by atoms with van der Waals surface area (Å²) >= 11 is 0. The van der Waals surface area contributed by atoms with Gasteiger partial charge in [0.25, 0.3) is 0 Å². The number of piperidine rings is 1. The number of hydrogen-bond acceptors (Lipinski definition) is 5. The summed E-state index contributed by atoms with van der Waals surface area (Å²) in [6.07, 6.45) is 3.82. The minimum atomic E-state index is 0.725. The molecule has 1 aliphatic heterocycles. The van der Waals surface area contributed by atoms with E-state index >= 15 is 0 Å². The molecular weight excluding hydrogens is 240 g/mol. The van der Waals surface area contributed by atoms with E-state index in [0.717, 1.165) is 50.1 Å². The quantitative estimate of drug-likeness (QED) is 0.789. The number of anilines is 1. The normalized spacial score (nSPS) is 15.8. The first-order valence-electron chi connectivity index (χ1n) is 7.09. The van der Waals surface area contributed by atoms with Gasteiger partial charge in [0, 0.05) is 39.0 Å². The molecule has 1 aromatic rings. The zero-order valence-electron chi connectivity index (χ0n) is 12.0. The van der Waals surface area contributed by atoms with Crippen molar-refractivity contribution in [2.24, 2.45) is 0 Å². The van der Waals surface area contributed by atoms with Gasteiger partial charge in [-0.15, -0.1) is 0 Å². The van der Waals surface area contributed by atoms with Crippen LogP contribution in [0.5, 0.6) is 0 Å². The van der Waals surface area contributed by atoms with E-state index in [2.05, 4.69) is 20.2 Å². The van der Waals surface area contributed by atoms with Gasteiger partial charge in [-0.05, 0) is 32.3 Å². The molecule has 0 aliphatic carbocycles. The lowest BCUT2D eigenvalue weighted by atomic mass is 10.1. The number of ether oxygens (including phenoxy) is 1. The lowest BCUT2D eigenvalue weighted by Gasteiger charge is -2.27. The van der Waals surface area contributed by atoms with Crippen molar-refractivity contribution in [1.29, 1.82) is 0 Å². The lowest BCUT2D eigenvalue weighted by molar-refractivity contribution is 0.199.